The van der Waals surface area contributed by atoms with Crippen LogP contribution in [-0.2, 0) is 14.3 Å². The van der Waals surface area contributed by atoms with Crippen molar-refractivity contribution in [3.05, 3.63) is 82.6 Å². The van der Waals surface area contributed by atoms with Gasteiger partial charge in [-0.25, -0.2) is 0 Å². The zero-order chi connectivity index (χ0) is 22.3. The Kier molecular flexibility index (Phi) is 7.17. The molecule has 0 spiro atoms. The van der Waals surface area contributed by atoms with E-state index in [1.165, 1.54) is 0 Å². The molecular formula is C27H27NO3S. The Hall–Kier alpha value is -3.18. The average Bonchev–Trinajstić information content (AvgIpc) is 3.36. The molecule has 1 saturated heterocycles. The van der Waals surface area contributed by atoms with Crippen LogP contribution in [0.3, 0.4) is 0 Å². The molecule has 0 unspecified atom stereocenters. The normalized spacial score (nSPS) is 14.9. The van der Waals surface area contributed by atoms with Crippen LogP contribution in [0.15, 0.2) is 72.1 Å². The van der Waals surface area contributed by atoms with E-state index in [-0.39, 0.29) is 17.8 Å². The largest absolute Gasteiger partial charge is 0.466 e. The Labute approximate surface area is 193 Å². The lowest BCUT2D eigenvalue weighted by Crippen LogP contribution is -2.41. The zero-order valence-corrected chi connectivity index (χ0v) is 19.0. The first kappa shape index (κ1) is 22.0. The van der Waals surface area contributed by atoms with Crippen LogP contribution in [-0.4, -0.2) is 36.5 Å². The summed E-state index contributed by atoms with van der Waals surface area (Å²) in [4.78, 5) is 28.5. The molecule has 3 aromatic rings. The molecule has 1 aromatic heterocycles. The number of hydrogen-bond acceptors (Lipinski definition) is 4. The van der Waals surface area contributed by atoms with E-state index in [2.05, 4.69) is 24.3 Å². The van der Waals surface area contributed by atoms with Crippen molar-refractivity contribution >= 4 is 34.9 Å². The summed E-state index contributed by atoms with van der Waals surface area (Å²) in [6.45, 7) is 3.34. The number of piperidine rings is 1. The third kappa shape index (κ3) is 5.17. The molecule has 2 aromatic carbocycles. The van der Waals surface area contributed by atoms with E-state index in [1.54, 1.807) is 11.3 Å². The number of likely N-dealkylation sites (tertiary alicyclic amines) is 1. The predicted molar refractivity (Wildman–Crippen MR) is 130 cm³/mol. The fourth-order valence-corrected chi connectivity index (χ4v) is 4.66. The Morgan fingerprint density at radius 3 is 2.28 bits per heavy atom. The molecule has 0 saturated carbocycles. The maximum Gasteiger partial charge on any atom is 0.309 e. The van der Waals surface area contributed by atoms with Gasteiger partial charge in [-0.3, -0.25) is 9.59 Å². The van der Waals surface area contributed by atoms with Crippen LogP contribution >= 0.6 is 11.3 Å². The second-order valence-electron chi connectivity index (χ2n) is 7.84. The lowest BCUT2D eigenvalue weighted by Gasteiger charge is -2.31. The zero-order valence-electron chi connectivity index (χ0n) is 18.2. The topological polar surface area (TPSA) is 46.6 Å². The average molecular weight is 446 g/mol. The van der Waals surface area contributed by atoms with Crippen molar-refractivity contribution in [3.8, 4) is 11.1 Å². The highest BCUT2D eigenvalue weighted by molar-refractivity contribution is 7.11. The maximum absolute atomic E-state index is 13.5. The van der Waals surface area contributed by atoms with Gasteiger partial charge in [-0.1, -0.05) is 60.7 Å². The molecule has 1 fully saturated rings. The number of carbonyl (C=O) groups excluding carboxylic acids is 2. The lowest BCUT2D eigenvalue weighted by atomic mass is 9.95. The Balaban J connectivity index is 1.55. The standard InChI is InChI=1S/C27H27NO3S/c1-2-31-27(30)23-14-16-28(17-15-23)26(29)25(19-24-9-6-18-32-24)22-12-10-21(11-13-22)20-7-4-3-5-8-20/h3-13,18-19,23H,2,14-17H2,1H3/b25-19-. The van der Waals surface area contributed by atoms with Gasteiger partial charge in [-0.2, -0.15) is 0 Å². The number of hydrogen-bond donors (Lipinski definition) is 0. The van der Waals surface area contributed by atoms with Gasteiger partial charge in [0.2, 0.25) is 0 Å². The van der Waals surface area contributed by atoms with Gasteiger partial charge in [0.25, 0.3) is 5.91 Å². The molecule has 164 valence electrons. The highest BCUT2D eigenvalue weighted by Gasteiger charge is 2.29. The third-order valence-corrected chi connectivity index (χ3v) is 6.58. The molecule has 0 N–H and O–H groups in total. The van der Waals surface area contributed by atoms with Crippen molar-refractivity contribution in [1.29, 1.82) is 0 Å². The van der Waals surface area contributed by atoms with Gasteiger partial charge in [-0.15, -0.1) is 11.3 Å². The van der Waals surface area contributed by atoms with Gasteiger partial charge in [-0.05, 0) is 54.0 Å². The fourth-order valence-electron chi connectivity index (χ4n) is 4.01. The smallest absolute Gasteiger partial charge is 0.309 e. The van der Waals surface area contributed by atoms with Crippen molar-refractivity contribution in [3.63, 3.8) is 0 Å². The summed E-state index contributed by atoms with van der Waals surface area (Å²) in [6, 6.07) is 22.4. The van der Waals surface area contributed by atoms with E-state index in [1.807, 2.05) is 65.7 Å². The molecule has 0 bridgehead atoms. The second kappa shape index (κ2) is 10.4. The summed E-state index contributed by atoms with van der Waals surface area (Å²) in [5.74, 6) is -0.257. The molecule has 0 atom stereocenters. The van der Waals surface area contributed by atoms with E-state index in [0.717, 1.165) is 21.6 Å². The number of thiophene rings is 1. The molecule has 0 aliphatic carbocycles. The second-order valence-corrected chi connectivity index (χ2v) is 8.81. The minimum Gasteiger partial charge on any atom is -0.466 e. The maximum atomic E-state index is 13.5. The number of amides is 1. The van der Waals surface area contributed by atoms with E-state index in [4.69, 9.17) is 4.74 Å². The molecule has 0 radical (unpaired) electrons. The predicted octanol–water partition coefficient (Wildman–Crippen LogP) is 5.76. The highest BCUT2D eigenvalue weighted by Crippen LogP contribution is 2.28. The third-order valence-electron chi connectivity index (χ3n) is 5.77. The summed E-state index contributed by atoms with van der Waals surface area (Å²) in [5.41, 5.74) is 3.85. The first-order valence-corrected chi connectivity index (χ1v) is 11.9. The molecule has 4 rings (SSSR count). The van der Waals surface area contributed by atoms with Crippen molar-refractivity contribution in [2.45, 2.75) is 19.8 Å². The van der Waals surface area contributed by atoms with Crippen LogP contribution < -0.4 is 0 Å². The van der Waals surface area contributed by atoms with E-state index < -0.39 is 0 Å². The summed E-state index contributed by atoms with van der Waals surface area (Å²) in [5, 5.41) is 2.01. The molecule has 2 heterocycles. The van der Waals surface area contributed by atoms with Crippen LogP contribution in [0, 0.1) is 5.92 Å². The molecule has 1 aliphatic rings. The van der Waals surface area contributed by atoms with Crippen LogP contribution in [0.2, 0.25) is 0 Å². The van der Waals surface area contributed by atoms with Crippen molar-refractivity contribution < 1.29 is 14.3 Å². The number of nitrogens with zero attached hydrogens (tertiary/aromatic N) is 1. The minimum atomic E-state index is -0.148. The molecule has 4 nitrogen and oxygen atoms in total. The molecular weight excluding hydrogens is 418 g/mol. The number of rotatable bonds is 6. The van der Waals surface area contributed by atoms with Gasteiger partial charge in [0, 0.05) is 23.5 Å². The number of carbonyl (C=O) groups is 2. The van der Waals surface area contributed by atoms with Crippen LogP contribution in [0.25, 0.3) is 22.8 Å². The Morgan fingerprint density at radius 1 is 0.969 bits per heavy atom. The van der Waals surface area contributed by atoms with Crippen LogP contribution in [0.4, 0.5) is 0 Å². The minimum absolute atomic E-state index is 0.00756. The lowest BCUT2D eigenvalue weighted by molar-refractivity contribution is -0.150. The first-order valence-electron chi connectivity index (χ1n) is 11.0. The van der Waals surface area contributed by atoms with Crippen LogP contribution in [0.5, 0.6) is 0 Å². The summed E-state index contributed by atoms with van der Waals surface area (Å²) in [6.07, 6.45) is 3.26. The van der Waals surface area contributed by atoms with Crippen LogP contribution in [0.1, 0.15) is 30.2 Å². The van der Waals surface area contributed by atoms with E-state index >= 15 is 0 Å². The van der Waals surface area contributed by atoms with Crippen molar-refractivity contribution in [1.82, 2.24) is 4.90 Å². The monoisotopic (exact) mass is 445 g/mol. The van der Waals surface area contributed by atoms with Gasteiger partial charge in [0.1, 0.15) is 0 Å². The Bertz CT molecular complexity index is 1060. The van der Waals surface area contributed by atoms with E-state index in [0.29, 0.717) is 38.1 Å². The Morgan fingerprint density at radius 2 is 1.66 bits per heavy atom. The molecule has 1 amide bonds. The van der Waals surface area contributed by atoms with E-state index in [9.17, 15) is 9.59 Å². The van der Waals surface area contributed by atoms with Crippen molar-refractivity contribution in [2.75, 3.05) is 19.7 Å². The number of benzene rings is 2. The molecule has 1 aliphatic heterocycles. The summed E-state index contributed by atoms with van der Waals surface area (Å²) >= 11 is 1.61. The fraction of sp³-hybridized carbons (Fsp3) is 0.259. The SMILES string of the molecule is CCOC(=O)C1CCN(C(=O)/C(=C\c2cccs2)c2ccc(-c3ccccc3)cc2)CC1. The number of ether oxygens (including phenoxy) is 1. The van der Waals surface area contributed by atoms with Gasteiger partial charge < -0.3 is 9.64 Å². The van der Waals surface area contributed by atoms with Gasteiger partial charge >= 0.3 is 5.97 Å². The molecule has 32 heavy (non-hydrogen) atoms. The van der Waals surface area contributed by atoms with Gasteiger partial charge in [0.05, 0.1) is 12.5 Å². The summed E-state index contributed by atoms with van der Waals surface area (Å²) in [7, 11) is 0. The molecule has 5 heteroatoms. The van der Waals surface area contributed by atoms with Crippen molar-refractivity contribution in [2.24, 2.45) is 5.92 Å². The summed E-state index contributed by atoms with van der Waals surface area (Å²) < 4.78 is 5.16. The highest BCUT2D eigenvalue weighted by atomic mass is 32.1. The number of esters is 1. The van der Waals surface area contributed by atoms with Gasteiger partial charge in [0.15, 0.2) is 0 Å². The quantitative estimate of drug-likeness (QED) is 0.358. The first-order chi connectivity index (χ1) is 15.7.